The number of carbonyl (C=O) groups is 2. The number of aliphatic carboxylic acids is 1. The summed E-state index contributed by atoms with van der Waals surface area (Å²) >= 11 is 0. The van der Waals surface area contributed by atoms with Gasteiger partial charge in [-0.3, -0.25) is 9.59 Å². The molecule has 2 rings (SSSR count). The summed E-state index contributed by atoms with van der Waals surface area (Å²) in [6, 6.07) is 7.08. The first-order valence-corrected chi connectivity index (χ1v) is 5.36. The summed E-state index contributed by atoms with van der Waals surface area (Å²) in [6.45, 7) is 1.69. The lowest BCUT2D eigenvalue weighted by atomic mass is 9.99. The topological polar surface area (TPSA) is 75.6 Å². The molecule has 0 fully saturated rings. The lowest BCUT2D eigenvalue weighted by Gasteiger charge is -2.29. The quantitative estimate of drug-likeness (QED) is 0.832. The molecule has 0 aliphatic carbocycles. The third-order valence-corrected chi connectivity index (χ3v) is 2.67. The molecule has 1 aliphatic rings. The molecule has 2 atom stereocenters. The van der Waals surface area contributed by atoms with E-state index in [0.29, 0.717) is 11.4 Å². The van der Waals surface area contributed by atoms with Crippen LogP contribution in [0.2, 0.25) is 0 Å². The highest BCUT2D eigenvalue weighted by Crippen LogP contribution is 2.31. The van der Waals surface area contributed by atoms with Crippen molar-refractivity contribution < 1.29 is 19.4 Å². The molecule has 0 spiro atoms. The zero-order chi connectivity index (χ0) is 12.4. The number of anilines is 1. The normalized spacial score (nSPS) is 19.8. The number of hydrogen-bond donors (Lipinski definition) is 2. The van der Waals surface area contributed by atoms with E-state index < -0.39 is 12.1 Å². The molecule has 1 aromatic rings. The van der Waals surface area contributed by atoms with E-state index in [9.17, 15) is 9.59 Å². The number of para-hydroxylation sites is 2. The lowest BCUT2D eigenvalue weighted by molar-refractivity contribution is -0.139. The molecule has 5 nitrogen and oxygen atoms in total. The zero-order valence-electron chi connectivity index (χ0n) is 9.34. The number of nitrogens with one attached hydrogen (secondary N) is 1. The standard InChI is InChI=1S/C12H13NO4/c1-7(6-10(14)15)11-12(16)13-8-4-2-3-5-9(8)17-11/h2-5,7,11H,6H2,1H3,(H,13,16)(H,14,15). The molecule has 1 amide bonds. The predicted molar refractivity (Wildman–Crippen MR) is 60.9 cm³/mol. The van der Waals surface area contributed by atoms with E-state index in [4.69, 9.17) is 9.84 Å². The Labute approximate surface area is 98.4 Å². The number of hydrogen-bond acceptors (Lipinski definition) is 3. The monoisotopic (exact) mass is 235 g/mol. The number of amides is 1. The zero-order valence-corrected chi connectivity index (χ0v) is 9.34. The van der Waals surface area contributed by atoms with Gasteiger partial charge in [-0.25, -0.2) is 0 Å². The van der Waals surface area contributed by atoms with Crippen molar-refractivity contribution in [3.63, 3.8) is 0 Å². The fraction of sp³-hybridized carbons (Fsp3) is 0.333. The van der Waals surface area contributed by atoms with Gasteiger partial charge in [0, 0.05) is 5.92 Å². The van der Waals surface area contributed by atoms with Crippen molar-refractivity contribution in [1.29, 1.82) is 0 Å². The van der Waals surface area contributed by atoms with E-state index >= 15 is 0 Å². The van der Waals surface area contributed by atoms with Crippen LogP contribution in [0.3, 0.4) is 0 Å². The van der Waals surface area contributed by atoms with Gasteiger partial charge in [-0.15, -0.1) is 0 Å². The summed E-state index contributed by atoms with van der Waals surface area (Å²) in [4.78, 5) is 22.4. The Balaban J connectivity index is 2.17. The maximum Gasteiger partial charge on any atom is 0.303 e. The average Bonchev–Trinajstić information content (AvgIpc) is 2.27. The summed E-state index contributed by atoms with van der Waals surface area (Å²) in [5.74, 6) is -1.03. The first-order chi connectivity index (χ1) is 8.08. The number of carbonyl (C=O) groups excluding carboxylic acids is 1. The fourth-order valence-electron chi connectivity index (χ4n) is 1.82. The van der Waals surface area contributed by atoms with Crippen LogP contribution in [0.5, 0.6) is 5.75 Å². The number of fused-ring (bicyclic) bond motifs is 1. The average molecular weight is 235 g/mol. The second-order valence-electron chi connectivity index (χ2n) is 4.10. The van der Waals surface area contributed by atoms with Crippen LogP contribution in [0.25, 0.3) is 0 Å². The third-order valence-electron chi connectivity index (χ3n) is 2.67. The molecule has 5 heteroatoms. The van der Waals surface area contributed by atoms with Gasteiger partial charge in [-0.1, -0.05) is 19.1 Å². The van der Waals surface area contributed by atoms with Crippen molar-refractivity contribution in [2.24, 2.45) is 5.92 Å². The molecule has 17 heavy (non-hydrogen) atoms. The van der Waals surface area contributed by atoms with Crippen LogP contribution in [0.15, 0.2) is 24.3 Å². The van der Waals surface area contributed by atoms with Crippen molar-refractivity contribution >= 4 is 17.6 Å². The maximum absolute atomic E-state index is 11.8. The lowest BCUT2D eigenvalue weighted by Crippen LogP contribution is -2.42. The molecule has 2 unspecified atom stereocenters. The number of carboxylic acid groups (broad SMARTS) is 1. The third kappa shape index (κ3) is 2.38. The summed E-state index contributed by atoms with van der Waals surface area (Å²) < 4.78 is 5.53. The van der Waals surface area contributed by atoms with Gasteiger partial charge in [0.15, 0.2) is 6.10 Å². The Kier molecular flexibility index (Phi) is 2.99. The van der Waals surface area contributed by atoms with Gasteiger partial charge in [0.1, 0.15) is 5.75 Å². The first kappa shape index (κ1) is 11.4. The van der Waals surface area contributed by atoms with Crippen LogP contribution in [-0.2, 0) is 9.59 Å². The van der Waals surface area contributed by atoms with Crippen molar-refractivity contribution in [3.05, 3.63) is 24.3 Å². The minimum absolute atomic E-state index is 0.0970. The van der Waals surface area contributed by atoms with E-state index in [0.717, 1.165) is 0 Å². The molecule has 1 aliphatic heterocycles. The van der Waals surface area contributed by atoms with E-state index in [1.54, 1.807) is 31.2 Å². The van der Waals surface area contributed by atoms with E-state index in [1.165, 1.54) is 0 Å². The molecular weight excluding hydrogens is 222 g/mol. The molecular formula is C12H13NO4. The van der Waals surface area contributed by atoms with Crippen molar-refractivity contribution in [3.8, 4) is 5.75 Å². The molecule has 0 saturated carbocycles. The summed E-state index contributed by atoms with van der Waals surface area (Å²) in [5.41, 5.74) is 0.622. The Morgan fingerprint density at radius 3 is 2.94 bits per heavy atom. The van der Waals surface area contributed by atoms with E-state index in [1.807, 2.05) is 0 Å². The first-order valence-electron chi connectivity index (χ1n) is 5.36. The molecule has 1 heterocycles. The van der Waals surface area contributed by atoms with Crippen LogP contribution in [0.4, 0.5) is 5.69 Å². The molecule has 0 bridgehead atoms. The summed E-state index contributed by atoms with van der Waals surface area (Å²) in [6.07, 6.45) is -0.846. The molecule has 0 radical (unpaired) electrons. The molecule has 0 saturated heterocycles. The fourth-order valence-corrected chi connectivity index (χ4v) is 1.82. The highest BCUT2D eigenvalue weighted by molar-refractivity contribution is 5.98. The highest BCUT2D eigenvalue weighted by Gasteiger charge is 2.33. The summed E-state index contributed by atoms with van der Waals surface area (Å²) in [5, 5.41) is 11.4. The second-order valence-corrected chi connectivity index (χ2v) is 4.10. The number of rotatable bonds is 3. The smallest absolute Gasteiger partial charge is 0.303 e. The van der Waals surface area contributed by atoms with Gasteiger partial charge in [0.05, 0.1) is 12.1 Å². The molecule has 90 valence electrons. The summed E-state index contributed by atoms with van der Waals surface area (Å²) in [7, 11) is 0. The molecule has 1 aromatic carbocycles. The molecule has 2 N–H and O–H groups in total. The van der Waals surface area contributed by atoms with Crippen molar-refractivity contribution in [2.45, 2.75) is 19.4 Å². The Bertz CT molecular complexity index is 458. The maximum atomic E-state index is 11.8. The van der Waals surface area contributed by atoms with Gasteiger partial charge in [-0.2, -0.15) is 0 Å². The van der Waals surface area contributed by atoms with Crippen LogP contribution in [-0.4, -0.2) is 23.1 Å². The van der Waals surface area contributed by atoms with Gasteiger partial charge < -0.3 is 15.2 Å². The van der Waals surface area contributed by atoms with Crippen molar-refractivity contribution in [1.82, 2.24) is 0 Å². The minimum Gasteiger partial charge on any atom is -0.481 e. The number of carboxylic acids is 1. The van der Waals surface area contributed by atoms with Gasteiger partial charge in [-0.05, 0) is 12.1 Å². The Morgan fingerprint density at radius 2 is 2.24 bits per heavy atom. The number of benzene rings is 1. The Morgan fingerprint density at radius 1 is 1.53 bits per heavy atom. The minimum atomic E-state index is -0.937. The Hall–Kier alpha value is -2.04. The SMILES string of the molecule is CC(CC(=O)O)C1Oc2ccccc2NC1=O. The van der Waals surface area contributed by atoms with Crippen molar-refractivity contribution in [2.75, 3.05) is 5.32 Å². The highest BCUT2D eigenvalue weighted by atomic mass is 16.5. The molecule has 0 aromatic heterocycles. The van der Waals surface area contributed by atoms with Crippen LogP contribution >= 0.6 is 0 Å². The van der Waals surface area contributed by atoms with Crippen LogP contribution < -0.4 is 10.1 Å². The number of ether oxygens (including phenoxy) is 1. The van der Waals surface area contributed by atoms with Gasteiger partial charge in [0.2, 0.25) is 0 Å². The van der Waals surface area contributed by atoms with E-state index in [2.05, 4.69) is 5.32 Å². The van der Waals surface area contributed by atoms with Crippen LogP contribution in [0, 0.1) is 5.92 Å². The predicted octanol–water partition coefficient (Wildman–Crippen LogP) is 1.50. The van der Waals surface area contributed by atoms with Gasteiger partial charge in [0.25, 0.3) is 5.91 Å². The van der Waals surface area contributed by atoms with Gasteiger partial charge >= 0.3 is 5.97 Å². The second kappa shape index (κ2) is 4.45. The van der Waals surface area contributed by atoms with Crippen LogP contribution in [0.1, 0.15) is 13.3 Å². The van der Waals surface area contributed by atoms with E-state index in [-0.39, 0.29) is 18.2 Å². The largest absolute Gasteiger partial charge is 0.481 e.